The summed E-state index contributed by atoms with van der Waals surface area (Å²) in [5.74, 6) is 0.909. The van der Waals surface area contributed by atoms with E-state index in [1.807, 2.05) is 34.8 Å². The standard InChI is InChI=1S/C12H13N5S/c1-2-10-14-15-12-17(10)16-11(18-12)8-13-9-6-4-3-5-7-9/h3-7,13H,2,8H2,1H3. The summed E-state index contributed by atoms with van der Waals surface area (Å²) in [4.78, 5) is 0.858. The molecule has 0 bridgehead atoms. The molecule has 5 nitrogen and oxygen atoms in total. The zero-order valence-corrected chi connectivity index (χ0v) is 10.8. The van der Waals surface area contributed by atoms with Crippen molar-refractivity contribution in [1.29, 1.82) is 0 Å². The summed E-state index contributed by atoms with van der Waals surface area (Å²) in [5, 5.41) is 17.0. The summed E-state index contributed by atoms with van der Waals surface area (Å²) in [6.07, 6.45) is 0.844. The second-order valence-electron chi connectivity index (χ2n) is 3.88. The van der Waals surface area contributed by atoms with Crippen LogP contribution in [0.2, 0.25) is 0 Å². The fourth-order valence-electron chi connectivity index (χ4n) is 1.72. The predicted octanol–water partition coefficient (Wildman–Crippen LogP) is 2.36. The zero-order valence-electron chi connectivity index (χ0n) is 10.00. The van der Waals surface area contributed by atoms with E-state index in [9.17, 15) is 0 Å². The van der Waals surface area contributed by atoms with Gasteiger partial charge in [-0.1, -0.05) is 36.5 Å². The minimum absolute atomic E-state index is 0.710. The van der Waals surface area contributed by atoms with Gasteiger partial charge < -0.3 is 5.32 Å². The number of hydrogen-bond donors (Lipinski definition) is 1. The summed E-state index contributed by atoms with van der Waals surface area (Å²) in [6.45, 7) is 2.76. The van der Waals surface area contributed by atoms with Crippen molar-refractivity contribution in [3.8, 4) is 0 Å². The van der Waals surface area contributed by atoms with Crippen LogP contribution in [0.3, 0.4) is 0 Å². The van der Waals surface area contributed by atoms with Gasteiger partial charge in [0.25, 0.3) is 0 Å². The highest BCUT2D eigenvalue weighted by atomic mass is 32.1. The molecule has 2 aromatic heterocycles. The molecule has 92 valence electrons. The maximum Gasteiger partial charge on any atom is 0.234 e. The summed E-state index contributed by atoms with van der Waals surface area (Å²) in [6, 6.07) is 10.1. The van der Waals surface area contributed by atoms with E-state index in [4.69, 9.17) is 0 Å². The number of rotatable bonds is 4. The van der Waals surface area contributed by atoms with E-state index in [1.54, 1.807) is 11.3 Å². The third-order valence-corrected chi connectivity index (χ3v) is 3.53. The lowest BCUT2D eigenvalue weighted by Gasteiger charge is -2.02. The molecule has 18 heavy (non-hydrogen) atoms. The first kappa shape index (κ1) is 11.2. The third kappa shape index (κ3) is 2.06. The van der Waals surface area contributed by atoms with Gasteiger partial charge in [0, 0.05) is 12.1 Å². The van der Waals surface area contributed by atoms with Gasteiger partial charge in [0.1, 0.15) is 5.01 Å². The molecule has 0 amide bonds. The first-order chi connectivity index (χ1) is 8.86. The molecule has 0 radical (unpaired) electrons. The summed E-state index contributed by atoms with van der Waals surface area (Å²) >= 11 is 1.57. The topological polar surface area (TPSA) is 55.1 Å². The SMILES string of the molecule is CCc1nnc2sc(CNc3ccccc3)nn12. The minimum Gasteiger partial charge on any atom is -0.378 e. The fourth-order valence-corrected chi connectivity index (χ4v) is 2.51. The van der Waals surface area contributed by atoms with Crippen molar-refractivity contribution in [3.05, 3.63) is 41.2 Å². The van der Waals surface area contributed by atoms with E-state index in [-0.39, 0.29) is 0 Å². The van der Waals surface area contributed by atoms with Crippen molar-refractivity contribution in [2.75, 3.05) is 5.32 Å². The number of aryl methyl sites for hydroxylation is 1. The molecule has 0 aliphatic carbocycles. The molecule has 3 rings (SSSR count). The molecule has 0 saturated heterocycles. The number of anilines is 1. The summed E-state index contributed by atoms with van der Waals surface area (Å²) < 4.78 is 1.83. The van der Waals surface area contributed by atoms with Crippen molar-refractivity contribution in [3.63, 3.8) is 0 Å². The minimum atomic E-state index is 0.710. The molecule has 6 heteroatoms. The maximum absolute atomic E-state index is 4.51. The van der Waals surface area contributed by atoms with Crippen LogP contribution in [0.5, 0.6) is 0 Å². The normalized spacial score (nSPS) is 10.9. The van der Waals surface area contributed by atoms with Crippen molar-refractivity contribution in [2.45, 2.75) is 19.9 Å². The Labute approximate surface area is 108 Å². The van der Waals surface area contributed by atoms with Crippen LogP contribution in [0.25, 0.3) is 4.96 Å². The quantitative estimate of drug-likeness (QED) is 0.781. The number of benzene rings is 1. The van der Waals surface area contributed by atoms with E-state index >= 15 is 0 Å². The summed E-state index contributed by atoms with van der Waals surface area (Å²) in [7, 11) is 0. The van der Waals surface area contributed by atoms with Gasteiger partial charge in [0.2, 0.25) is 4.96 Å². The number of nitrogens with one attached hydrogen (secondary N) is 1. The second-order valence-corrected chi connectivity index (χ2v) is 4.92. The predicted molar refractivity (Wildman–Crippen MR) is 71.8 cm³/mol. The Kier molecular flexibility index (Phi) is 2.93. The van der Waals surface area contributed by atoms with Crippen LogP contribution in [0.1, 0.15) is 17.8 Å². The fraction of sp³-hybridized carbons (Fsp3) is 0.250. The molecule has 3 aromatic rings. The van der Waals surface area contributed by atoms with Gasteiger partial charge in [-0.05, 0) is 12.1 Å². The highest BCUT2D eigenvalue weighted by Gasteiger charge is 2.09. The van der Waals surface area contributed by atoms with Crippen LogP contribution in [-0.4, -0.2) is 19.8 Å². The molecule has 1 aromatic carbocycles. The largest absolute Gasteiger partial charge is 0.378 e. The van der Waals surface area contributed by atoms with Gasteiger partial charge in [-0.2, -0.15) is 9.61 Å². The Hall–Kier alpha value is -1.95. The van der Waals surface area contributed by atoms with Gasteiger partial charge >= 0.3 is 0 Å². The molecule has 0 aliphatic heterocycles. The lowest BCUT2D eigenvalue weighted by molar-refractivity contribution is 0.815. The average Bonchev–Trinajstić information content (AvgIpc) is 2.97. The number of para-hydroxylation sites is 1. The Morgan fingerprint density at radius 2 is 2.06 bits per heavy atom. The van der Waals surface area contributed by atoms with E-state index in [0.717, 1.165) is 27.9 Å². The van der Waals surface area contributed by atoms with Gasteiger partial charge in [0.15, 0.2) is 5.82 Å². The zero-order chi connectivity index (χ0) is 12.4. The van der Waals surface area contributed by atoms with Crippen molar-refractivity contribution >= 4 is 22.0 Å². The molecule has 0 saturated carbocycles. The molecule has 1 N–H and O–H groups in total. The van der Waals surface area contributed by atoms with Gasteiger partial charge in [-0.25, -0.2) is 0 Å². The molecule has 0 fully saturated rings. The number of fused-ring (bicyclic) bond motifs is 1. The molecular formula is C12H13N5S. The second kappa shape index (κ2) is 4.73. The third-order valence-electron chi connectivity index (χ3n) is 2.63. The number of hydrogen-bond acceptors (Lipinski definition) is 5. The van der Waals surface area contributed by atoms with Crippen LogP contribution < -0.4 is 5.32 Å². The van der Waals surface area contributed by atoms with Crippen LogP contribution in [0.4, 0.5) is 5.69 Å². The van der Waals surface area contributed by atoms with Gasteiger partial charge in [-0.3, -0.25) is 0 Å². The molecule has 0 spiro atoms. The van der Waals surface area contributed by atoms with Gasteiger partial charge in [0.05, 0.1) is 6.54 Å². The van der Waals surface area contributed by atoms with E-state index < -0.39 is 0 Å². The Morgan fingerprint density at radius 3 is 2.83 bits per heavy atom. The smallest absolute Gasteiger partial charge is 0.234 e. The maximum atomic E-state index is 4.51. The molecule has 0 atom stereocenters. The highest BCUT2D eigenvalue weighted by Crippen LogP contribution is 2.16. The van der Waals surface area contributed by atoms with E-state index in [0.29, 0.717) is 6.54 Å². The number of aromatic nitrogens is 4. The molecular weight excluding hydrogens is 246 g/mol. The van der Waals surface area contributed by atoms with Crippen LogP contribution in [0, 0.1) is 0 Å². The molecule has 0 unspecified atom stereocenters. The number of nitrogens with zero attached hydrogens (tertiary/aromatic N) is 4. The van der Waals surface area contributed by atoms with E-state index in [1.165, 1.54) is 0 Å². The average molecular weight is 259 g/mol. The highest BCUT2D eigenvalue weighted by molar-refractivity contribution is 7.16. The summed E-state index contributed by atoms with van der Waals surface area (Å²) in [5.41, 5.74) is 1.10. The first-order valence-electron chi connectivity index (χ1n) is 5.85. The Balaban J connectivity index is 1.77. The lowest BCUT2D eigenvalue weighted by Crippen LogP contribution is -2.00. The van der Waals surface area contributed by atoms with Crippen molar-refractivity contribution in [1.82, 2.24) is 19.8 Å². The van der Waals surface area contributed by atoms with E-state index in [2.05, 4.69) is 27.5 Å². The van der Waals surface area contributed by atoms with Gasteiger partial charge in [-0.15, -0.1) is 10.2 Å². The Bertz CT molecular complexity index is 643. The first-order valence-corrected chi connectivity index (χ1v) is 6.67. The monoisotopic (exact) mass is 259 g/mol. The van der Waals surface area contributed by atoms with Crippen LogP contribution >= 0.6 is 11.3 Å². The van der Waals surface area contributed by atoms with Crippen LogP contribution in [-0.2, 0) is 13.0 Å². The molecule has 0 aliphatic rings. The van der Waals surface area contributed by atoms with Crippen molar-refractivity contribution in [2.24, 2.45) is 0 Å². The molecule has 2 heterocycles. The van der Waals surface area contributed by atoms with Crippen molar-refractivity contribution < 1.29 is 0 Å². The Morgan fingerprint density at radius 1 is 1.22 bits per heavy atom. The lowest BCUT2D eigenvalue weighted by atomic mass is 10.3. The van der Waals surface area contributed by atoms with Crippen LogP contribution in [0.15, 0.2) is 30.3 Å².